The van der Waals surface area contributed by atoms with Crippen LogP contribution in [0.2, 0.25) is 0 Å². The van der Waals surface area contributed by atoms with E-state index in [1.807, 2.05) is 6.08 Å². The zero-order valence-corrected chi connectivity index (χ0v) is 10.5. The van der Waals surface area contributed by atoms with Crippen LogP contribution in [0.4, 0.5) is 0 Å². The minimum atomic E-state index is 0.0571. The molecule has 1 aliphatic rings. The van der Waals surface area contributed by atoms with Crippen LogP contribution in [0.3, 0.4) is 0 Å². The molecule has 16 heavy (non-hydrogen) atoms. The van der Waals surface area contributed by atoms with Crippen molar-refractivity contribution in [3.8, 4) is 0 Å². The Labute approximate surface area is 98.8 Å². The number of hydrazine groups is 1. The Balaban J connectivity index is 2.59. The summed E-state index contributed by atoms with van der Waals surface area (Å²) in [6.45, 7) is 11.9. The third-order valence-corrected chi connectivity index (χ3v) is 3.54. The first-order valence-electron chi connectivity index (χ1n) is 6.02. The van der Waals surface area contributed by atoms with Gasteiger partial charge in [0, 0.05) is 24.7 Å². The van der Waals surface area contributed by atoms with Gasteiger partial charge in [-0.3, -0.25) is 16.2 Å². The molecule has 0 aromatic rings. The monoisotopic (exact) mass is 227 g/mol. The first kappa shape index (κ1) is 13.6. The minimum absolute atomic E-state index is 0.0571. The van der Waals surface area contributed by atoms with Crippen LogP contribution in [0.25, 0.3) is 0 Å². The van der Waals surface area contributed by atoms with Gasteiger partial charge in [-0.15, -0.1) is 6.58 Å². The molecule has 0 saturated carbocycles. The van der Waals surface area contributed by atoms with Gasteiger partial charge in [0.1, 0.15) is 0 Å². The van der Waals surface area contributed by atoms with Crippen molar-refractivity contribution in [2.75, 3.05) is 26.3 Å². The maximum absolute atomic E-state index is 5.66. The molecule has 1 unspecified atom stereocenters. The van der Waals surface area contributed by atoms with Gasteiger partial charge in [0.25, 0.3) is 0 Å². The highest BCUT2D eigenvalue weighted by atomic mass is 16.5. The molecular formula is C12H25N3O. The summed E-state index contributed by atoms with van der Waals surface area (Å²) in [7, 11) is 0. The van der Waals surface area contributed by atoms with Gasteiger partial charge >= 0.3 is 0 Å². The molecule has 4 nitrogen and oxygen atoms in total. The fraction of sp³-hybridized carbons (Fsp3) is 0.833. The number of nitrogens with one attached hydrogen (secondary N) is 1. The SMILES string of the molecule is C=CCCC(NN)C(C)(C)N1CCOCC1. The second-order valence-electron chi connectivity index (χ2n) is 4.84. The summed E-state index contributed by atoms with van der Waals surface area (Å²) < 4.78 is 5.38. The van der Waals surface area contributed by atoms with Crippen molar-refractivity contribution in [2.45, 2.75) is 38.3 Å². The highest BCUT2D eigenvalue weighted by Gasteiger charge is 2.35. The smallest absolute Gasteiger partial charge is 0.0594 e. The van der Waals surface area contributed by atoms with Crippen LogP contribution in [-0.4, -0.2) is 42.8 Å². The number of nitrogens with two attached hydrogens (primary N) is 1. The number of hydrogen-bond donors (Lipinski definition) is 2. The molecular weight excluding hydrogens is 202 g/mol. The molecule has 1 saturated heterocycles. The van der Waals surface area contributed by atoms with E-state index in [9.17, 15) is 0 Å². The first-order valence-corrected chi connectivity index (χ1v) is 6.02. The third-order valence-electron chi connectivity index (χ3n) is 3.54. The number of rotatable bonds is 6. The van der Waals surface area contributed by atoms with Crippen LogP contribution in [0.5, 0.6) is 0 Å². The van der Waals surface area contributed by atoms with Crippen LogP contribution in [0.15, 0.2) is 12.7 Å². The highest BCUT2D eigenvalue weighted by molar-refractivity contribution is 4.94. The van der Waals surface area contributed by atoms with Gasteiger partial charge < -0.3 is 4.74 Å². The lowest BCUT2D eigenvalue weighted by Crippen LogP contribution is -2.61. The van der Waals surface area contributed by atoms with Gasteiger partial charge in [0.05, 0.1) is 13.2 Å². The van der Waals surface area contributed by atoms with Gasteiger partial charge in [0.15, 0.2) is 0 Å². The van der Waals surface area contributed by atoms with Crippen molar-refractivity contribution in [1.82, 2.24) is 10.3 Å². The summed E-state index contributed by atoms with van der Waals surface area (Å²) in [5.74, 6) is 5.66. The third kappa shape index (κ3) is 3.28. The molecule has 1 fully saturated rings. The molecule has 0 aromatic carbocycles. The summed E-state index contributed by atoms with van der Waals surface area (Å²) in [6.07, 6.45) is 3.95. The average molecular weight is 227 g/mol. The molecule has 1 heterocycles. The number of allylic oxidation sites excluding steroid dienone is 1. The van der Waals surface area contributed by atoms with Gasteiger partial charge in [-0.2, -0.15) is 0 Å². The second kappa shape index (κ2) is 6.35. The van der Waals surface area contributed by atoms with Crippen LogP contribution in [-0.2, 0) is 4.74 Å². The number of nitrogens with zero attached hydrogens (tertiary/aromatic N) is 1. The molecule has 0 amide bonds. The van der Waals surface area contributed by atoms with Crippen molar-refractivity contribution in [3.63, 3.8) is 0 Å². The Hall–Kier alpha value is -0.420. The summed E-state index contributed by atoms with van der Waals surface area (Å²) >= 11 is 0. The lowest BCUT2D eigenvalue weighted by atomic mass is 9.89. The molecule has 94 valence electrons. The summed E-state index contributed by atoms with van der Waals surface area (Å²) in [6, 6.07) is 0.281. The Morgan fingerprint density at radius 2 is 2.12 bits per heavy atom. The van der Waals surface area contributed by atoms with Crippen molar-refractivity contribution in [1.29, 1.82) is 0 Å². The van der Waals surface area contributed by atoms with E-state index in [0.29, 0.717) is 0 Å². The Kier molecular flexibility index (Phi) is 5.41. The zero-order chi connectivity index (χ0) is 12.0. The molecule has 0 radical (unpaired) electrons. The Bertz CT molecular complexity index is 212. The van der Waals surface area contributed by atoms with E-state index < -0.39 is 0 Å². The van der Waals surface area contributed by atoms with Crippen molar-refractivity contribution in [2.24, 2.45) is 5.84 Å². The largest absolute Gasteiger partial charge is 0.379 e. The van der Waals surface area contributed by atoms with E-state index in [1.165, 1.54) is 0 Å². The normalized spacial score (nSPS) is 20.7. The molecule has 0 bridgehead atoms. The van der Waals surface area contributed by atoms with Crippen LogP contribution in [0, 0.1) is 0 Å². The van der Waals surface area contributed by atoms with Gasteiger partial charge in [0.2, 0.25) is 0 Å². The van der Waals surface area contributed by atoms with E-state index in [0.717, 1.165) is 39.1 Å². The van der Waals surface area contributed by atoms with E-state index in [1.54, 1.807) is 0 Å². The Morgan fingerprint density at radius 1 is 1.50 bits per heavy atom. The van der Waals surface area contributed by atoms with Gasteiger partial charge in [-0.25, -0.2) is 0 Å². The lowest BCUT2D eigenvalue weighted by molar-refractivity contribution is -0.0242. The van der Waals surface area contributed by atoms with E-state index in [2.05, 4.69) is 30.8 Å². The molecule has 0 aromatic heterocycles. The van der Waals surface area contributed by atoms with E-state index in [-0.39, 0.29) is 11.6 Å². The average Bonchev–Trinajstić information content (AvgIpc) is 2.31. The summed E-state index contributed by atoms with van der Waals surface area (Å²) in [4.78, 5) is 2.45. The van der Waals surface area contributed by atoms with Crippen molar-refractivity contribution >= 4 is 0 Å². The van der Waals surface area contributed by atoms with E-state index >= 15 is 0 Å². The lowest BCUT2D eigenvalue weighted by Gasteiger charge is -2.45. The summed E-state index contributed by atoms with van der Waals surface area (Å²) in [5.41, 5.74) is 3.00. The minimum Gasteiger partial charge on any atom is -0.379 e. The maximum atomic E-state index is 5.66. The first-order chi connectivity index (χ1) is 7.62. The zero-order valence-electron chi connectivity index (χ0n) is 10.5. The van der Waals surface area contributed by atoms with Gasteiger partial charge in [-0.05, 0) is 26.7 Å². The number of hydrogen-bond acceptors (Lipinski definition) is 4. The predicted octanol–water partition coefficient (Wildman–Crippen LogP) is 0.895. The van der Waals surface area contributed by atoms with Crippen molar-refractivity contribution in [3.05, 3.63) is 12.7 Å². The highest BCUT2D eigenvalue weighted by Crippen LogP contribution is 2.23. The molecule has 1 atom stereocenters. The van der Waals surface area contributed by atoms with Crippen LogP contribution >= 0.6 is 0 Å². The molecule has 4 heteroatoms. The molecule has 1 rings (SSSR count). The summed E-state index contributed by atoms with van der Waals surface area (Å²) in [5, 5.41) is 0. The maximum Gasteiger partial charge on any atom is 0.0594 e. The Morgan fingerprint density at radius 3 is 2.62 bits per heavy atom. The molecule has 0 aliphatic carbocycles. The van der Waals surface area contributed by atoms with Gasteiger partial charge in [-0.1, -0.05) is 6.08 Å². The van der Waals surface area contributed by atoms with Crippen molar-refractivity contribution < 1.29 is 4.74 Å². The number of ether oxygens (including phenoxy) is 1. The fourth-order valence-electron chi connectivity index (χ4n) is 2.29. The topological polar surface area (TPSA) is 50.5 Å². The molecule has 1 aliphatic heterocycles. The van der Waals surface area contributed by atoms with Crippen LogP contribution in [0.1, 0.15) is 26.7 Å². The van der Waals surface area contributed by atoms with Crippen LogP contribution < -0.4 is 11.3 Å². The predicted molar refractivity (Wildman–Crippen MR) is 67.0 cm³/mol. The number of morpholine rings is 1. The quantitative estimate of drug-likeness (QED) is 0.402. The fourth-order valence-corrected chi connectivity index (χ4v) is 2.29. The standard InChI is InChI=1S/C12H25N3O/c1-4-5-6-11(14-13)12(2,3)15-7-9-16-10-8-15/h4,11,14H,1,5-10,13H2,2-3H3. The second-order valence-corrected chi connectivity index (χ2v) is 4.84. The molecule has 3 N–H and O–H groups in total. The molecule has 0 spiro atoms. The van der Waals surface area contributed by atoms with E-state index in [4.69, 9.17) is 10.6 Å².